The highest BCUT2D eigenvalue weighted by Crippen LogP contribution is 2.26. The van der Waals surface area contributed by atoms with Crippen LogP contribution in [0.5, 0.6) is 0 Å². The van der Waals surface area contributed by atoms with Crippen molar-refractivity contribution in [1.29, 1.82) is 0 Å². The molecule has 0 aliphatic rings. The van der Waals surface area contributed by atoms with E-state index in [1.807, 2.05) is 42.5 Å². The number of unbranched alkanes of at least 4 members (excludes halogenated alkanes) is 1. The smallest absolute Gasteiger partial charge is 0.272 e. The molecule has 128 valence electrons. The summed E-state index contributed by atoms with van der Waals surface area (Å²) < 4.78 is 0. The van der Waals surface area contributed by atoms with Crippen molar-refractivity contribution in [2.24, 2.45) is 5.73 Å². The number of primary amides is 1. The highest BCUT2D eigenvalue weighted by Gasteiger charge is 2.08. The number of hydrogen-bond donors (Lipinski definition) is 3. The largest absolute Gasteiger partial charge is 0.385 e. The summed E-state index contributed by atoms with van der Waals surface area (Å²) in [5, 5.41) is 11.6. The van der Waals surface area contributed by atoms with Crippen molar-refractivity contribution in [3.05, 3.63) is 58.9 Å². The monoisotopic (exact) mass is 336 g/mol. The van der Waals surface area contributed by atoms with Crippen LogP contribution in [-0.4, -0.2) is 22.6 Å². The van der Waals surface area contributed by atoms with Crippen molar-refractivity contribution in [2.45, 2.75) is 19.3 Å². The maximum atomic E-state index is 11.9. The molecule has 1 aromatic heterocycles. The number of carbonyl (C=O) groups excluding carboxylic acids is 1. The van der Waals surface area contributed by atoms with Crippen molar-refractivity contribution < 1.29 is 4.79 Å². The van der Waals surface area contributed by atoms with E-state index in [9.17, 15) is 9.59 Å². The Morgan fingerprint density at radius 2 is 1.88 bits per heavy atom. The maximum Gasteiger partial charge on any atom is 0.272 e. The van der Waals surface area contributed by atoms with Crippen LogP contribution < -0.4 is 16.6 Å². The SMILES string of the molecule is NC(=O)CCCCNc1cccc(-c2n[nH]c(=O)c3ccccc23)c1. The van der Waals surface area contributed by atoms with E-state index in [4.69, 9.17) is 5.73 Å². The molecule has 1 heterocycles. The van der Waals surface area contributed by atoms with Crippen LogP contribution in [0.25, 0.3) is 22.0 Å². The topological polar surface area (TPSA) is 101 Å². The lowest BCUT2D eigenvalue weighted by atomic mass is 10.0. The number of nitrogens with one attached hydrogen (secondary N) is 2. The second kappa shape index (κ2) is 7.61. The number of anilines is 1. The number of hydrogen-bond acceptors (Lipinski definition) is 4. The van der Waals surface area contributed by atoms with Crippen LogP contribution in [0.4, 0.5) is 5.69 Å². The Balaban J connectivity index is 1.79. The molecule has 2 aromatic carbocycles. The van der Waals surface area contributed by atoms with Crippen LogP contribution in [-0.2, 0) is 4.79 Å². The molecule has 0 radical (unpaired) electrons. The van der Waals surface area contributed by atoms with Gasteiger partial charge in [0, 0.05) is 29.6 Å². The molecule has 0 spiro atoms. The van der Waals surface area contributed by atoms with Gasteiger partial charge in [-0.15, -0.1) is 0 Å². The Morgan fingerprint density at radius 3 is 2.68 bits per heavy atom. The second-order valence-corrected chi connectivity index (χ2v) is 5.88. The van der Waals surface area contributed by atoms with Gasteiger partial charge in [-0.25, -0.2) is 5.10 Å². The third-order valence-electron chi connectivity index (χ3n) is 4.01. The molecule has 3 aromatic rings. The van der Waals surface area contributed by atoms with Gasteiger partial charge in [-0.1, -0.05) is 30.3 Å². The van der Waals surface area contributed by atoms with Gasteiger partial charge in [0.2, 0.25) is 5.91 Å². The zero-order valence-electron chi connectivity index (χ0n) is 13.8. The van der Waals surface area contributed by atoms with Gasteiger partial charge in [0.25, 0.3) is 5.56 Å². The predicted octanol–water partition coefficient (Wildman–Crippen LogP) is 2.66. The van der Waals surface area contributed by atoms with Gasteiger partial charge >= 0.3 is 0 Å². The van der Waals surface area contributed by atoms with Crippen LogP contribution in [0.2, 0.25) is 0 Å². The number of nitrogens with zero attached hydrogens (tertiary/aromatic N) is 1. The first-order valence-corrected chi connectivity index (χ1v) is 8.25. The third-order valence-corrected chi connectivity index (χ3v) is 4.01. The van der Waals surface area contributed by atoms with Crippen molar-refractivity contribution in [1.82, 2.24) is 10.2 Å². The summed E-state index contributed by atoms with van der Waals surface area (Å²) in [5.74, 6) is -0.266. The van der Waals surface area contributed by atoms with Crippen LogP contribution >= 0.6 is 0 Å². The molecule has 4 N–H and O–H groups in total. The number of nitrogens with two attached hydrogens (primary N) is 1. The van der Waals surface area contributed by atoms with Crippen LogP contribution in [0.1, 0.15) is 19.3 Å². The van der Waals surface area contributed by atoms with Gasteiger partial charge in [0.05, 0.1) is 11.1 Å². The molecule has 0 bridgehead atoms. The molecule has 6 nitrogen and oxygen atoms in total. The summed E-state index contributed by atoms with van der Waals surface area (Å²) in [6.45, 7) is 0.760. The first-order valence-electron chi connectivity index (χ1n) is 8.25. The fourth-order valence-electron chi connectivity index (χ4n) is 2.77. The summed E-state index contributed by atoms with van der Waals surface area (Å²) in [6, 6.07) is 15.3. The summed E-state index contributed by atoms with van der Waals surface area (Å²) in [6.07, 6.45) is 2.05. The molecule has 3 rings (SSSR count). The Bertz CT molecular complexity index is 949. The molecular formula is C19H20N4O2. The van der Waals surface area contributed by atoms with Crippen molar-refractivity contribution in [2.75, 3.05) is 11.9 Å². The molecule has 0 atom stereocenters. The average Bonchev–Trinajstić information content (AvgIpc) is 2.62. The quantitative estimate of drug-likeness (QED) is 0.577. The number of amides is 1. The normalized spacial score (nSPS) is 10.7. The highest BCUT2D eigenvalue weighted by molar-refractivity contribution is 5.94. The minimum atomic E-state index is -0.266. The number of aromatic nitrogens is 2. The van der Waals surface area contributed by atoms with E-state index < -0.39 is 0 Å². The summed E-state index contributed by atoms with van der Waals surface area (Å²) in [4.78, 5) is 22.7. The van der Waals surface area contributed by atoms with Crippen LogP contribution in [0.3, 0.4) is 0 Å². The molecule has 25 heavy (non-hydrogen) atoms. The molecular weight excluding hydrogens is 316 g/mol. The number of carbonyl (C=O) groups is 1. The lowest BCUT2D eigenvalue weighted by Crippen LogP contribution is -2.11. The zero-order chi connectivity index (χ0) is 17.6. The van der Waals surface area contributed by atoms with Crippen LogP contribution in [0, 0.1) is 0 Å². The zero-order valence-corrected chi connectivity index (χ0v) is 13.8. The molecule has 0 aliphatic carbocycles. The van der Waals surface area contributed by atoms with Gasteiger partial charge < -0.3 is 11.1 Å². The van der Waals surface area contributed by atoms with Gasteiger partial charge in [-0.3, -0.25) is 9.59 Å². The Morgan fingerprint density at radius 1 is 1.08 bits per heavy atom. The van der Waals surface area contributed by atoms with E-state index in [0.717, 1.165) is 41.7 Å². The summed E-state index contributed by atoms with van der Waals surface area (Å²) in [5.41, 5.74) is 7.58. The Labute approximate surface area is 145 Å². The fourth-order valence-corrected chi connectivity index (χ4v) is 2.77. The van der Waals surface area contributed by atoms with Crippen molar-refractivity contribution in [3.63, 3.8) is 0 Å². The molecule has 0 saturated heterocycles. The molecule has 0 unspecified atom stereocenters. The molecule has 6 heteroatoms. The van der Waals surface area contributed by atoms with Crippen molar-refractivity contribution >= 4 is 22.4 Å². The van der Waals surface area contributed by atoms with E-state index in [2.05, 4.69) is 15.5 Å². The van der Waals surface area contributed by atoms with Gasteiger partial charge in [0.1, 0.15) is 0 Å². The van der Waals surface area contributed by atoms with Gasteiger partial charge in [-0.2, -0.15) is 5.10 Å². The molecule has 0 aliphatic heterocycles. The fraction of sp³-hybridized carbons (Fsp3) is 0.211. The molecule has 1 amide bonds. The molecule has 0 saturated carbocycles. The predicted molar refractivity (Wildman–Crippen MR) is 99.3 cm³/mol. The number of aromatic amines is 1. The van der Waals surface area contributed by atoms with Gasteiger partial charge in [-0.05, 0) is 31.0 Å². The van der Waals surface area contributed by atoms with Gasteiger partial charge in [0.15, 0.2) is 0 Å². The third kappa shape index (κ3) is 4.03. The lowest BCUT2D eigenvalue weighted by Gasteiger charge is -2.09. The first-order chi connectivity index (χ1) is 12.1. The maximum absolute atomic E-state index is 11.9. The number of H-pyrrole nitrogens is 1. The average molecular weight is 336 g/mol. The highest BCUT2D eigenvalue weighted by atomic mass is 16.1. The molecule has 0 fully saturated rings. The van der Waals surface area contributed by atoms with E-state index in [1.54, 1.807) is 6.07 Å². The minimum Gasteiger partial charge on any atom is -0.385 e. The van der Waals surface area contributed by atoms with E-state index in [0.29, 0.717) is 11.8 Å². The minimum absolute atomic E-state index is 0.192. The second-order valence-electron chi connectivity index (χ2n) is 5.88. The van der Waals surface area contributed by atoms with E-state index in [1.165, 1.54) is 0 Å². The van der Waals surface area contributed by atoms with E-state index >= 15 is 0 Å². The Hall–Kier alpha value is -3.15. The van der Waals surface area contributed by atoms with E-state index in [-0.39, 0.29) is 11.5 Å². The van der Waals surface area contributed by atoms with Crippen LogP contribution in [0.15, 0.2) is 53.3 Å². The summed E-state index contributed by atoms with van der Waals surface area (Å²) >= 11 is 0. The van der Waals surface area contributed by atoms with Crippen molar-refractivity contribution in [3.8, 4) is 11.3 Å². The Kier molecular flexibility index (Phi) is 5.09. The first kappa shape index (κ1) is 16.7. The number of rotatable bonds is 7. The lowest BCUT2D eigenvalue weighted by molar-refractivity contribution is -0.118. The standard InChI is InChI=1S/C19H20N4O2/c20-17(24)10-3-4-11-21-14-7-5-6-13(12-14)18-15-8-1-2-9-16(15)19(25)23-22-18/h1-2,5-9,12,21H,3-4,10-11H2,(H2,20,24)(H,23,25). The number of fused-ring (bicyclic) bond motifs is 1. The number of benzene rings is 2. The summed E-state index contributed by atoms with van der Waals surface area (Å²) in [7, 11) is 0.